The van der Waals surface area contributed by atoms with Crippen LogP contribution in [0.3, 0.4) is 0 Å². The van der Waals surface area contributed by atoms with Crippen LogP contribution in [0.1, 0.15) is 41.3 Å². The standard InChI is InChI=1S/C23H26N4O2/c1-15-7-4-9-18(13-15)21-25-22(29-26-21)19-10-6-12-27(14-19)23(28)24-20-11-5-8-16(2)17(20)3/h4-5,7-9,11,13,19H,6,10,12,14H2,1-3H3,(H,24,28). The number of likely N-dealkylation sites (tertiary alicyclic amines) is 1. The topological polar surface area (TPSA) is 71.3 Å². The highest BCUT2D eigenvalue weighted by Crippen LogP contribution is 2.28. The second-order valence-electron chi connectivity index (χ2n) is 7.79. The summed E-state index contributed by atoms with van der Waals surface area (Å²) in [6.07, 6.45) is 1.84. The number of nitrogens with zero attached hydrogens (tertiary/aromatic N) is 3. The van der Waals surface area contributed by atoms with E-state index in [0.717, 1.165) is 47.3 Å². The summed E-state index contributed by atoms with van der Waals surface area (Å²) < 4.78 is 5.56. The van der Waals surface area contributed by atoms with Crippen LogP contribution in [-0.4, -0.2) is 34.2 Å². The van der Waals surface area contributed by atoms with Gasteiger partial charge in [-0.1, -0.05) is 41.1 Å². The normalized spacial score (nSPS) is 16.7. The van der Waals surface area contributed by atoms with Gasteiger partial charge in [-0.2, -0.15) is 4.98 Å². The maximum absolute atomic E-state index is 12.8. The lowest BCUT2D eigenvalue weighted by molar-refractivity contribution is 0.184. The molecule has 6 heteroatoms. The Morgan fingerprint density at radius 1 is 1.17 bits per heavy atom. The van der Waals surface area contributed by atoms with Gasteiger partial charge in [-0.05, 0) is 56.9 Å². The van der Waals surface area contributed by atoms with E-state index in [-0.39, 0.29) is 11.9 Å². The van der Waals surface area contributed by atoms with Gasteiger partial charge < -0.3 is 14.7 Å². The number of nitrogens with one attached hydrogen (secondary N) is 1. The third-order valence-corrected chi connectivity index (χ3v) is 5.62. The molecule has 2 aromatic carbocycles. The van der Waals surface area contributed by atoms with Crippen LogP contribution in [0.15, 0.2) is 47.0 Å². The number of anilines is 1. The third kappa shape index (κ3) is 4.16. The number of hydrogen-bond acceptors (Lipinski definition) is 4. The molecule has 0 radical (unpaired) electrons. The summed E-state index contributed by atoms with van der Waals surface area (Å²) in [5.74, 6) is 1.26. The minimum atomic E-state index is -0.0816. The molecule has 1 atom stereocenters. The van der Waals surface area contributed by atoms with Crippen molar-refractivity contribution in [2.75, 3.05) is 18.4 Å². The van der Waals surface area contributed by atoms with E-state index in [1.807, 2.05) is 68.1 Å². The van der Waals surface area contributed by atoms with Gasteiger partial charge >= 0.3 is 6.03 Å². The number of urea groups is 1. The zero-order valence-corrected chi connectivity index (χ0v) is 17.1. The van der Waals surface area contributed by atoms with E-state index in [2.05, 4.69) is 15.5 Å². The lowest BCUT2D eigenvalue weighted by Crippen LogP contribution is -2.41. The van der Waals surface area contributed by atoms with Crippen LogP contribution in [0.2, 0.25) is 0 Å². The molecular weight excluding hydrogens is 364 g/mol. The van der Waals surface area contributed by atoms with Gasteiger partial charge in [-0.25, -0.2) is 4.79 Å². The molecule has 6 nitrogen and oxygen atoms in total. The molecule has 2 amide bonds. The van der Waals surface area contributed by atoms with E-state index in [4.69, 9.17) is 4.52 Å². The van der Waals surface area contributed by atoms with Gasteiger partial charge in [-0.15, -0.1) is 0 Å². The van der Waals surface area contributed by atoms with Crippen molar-refractivity contribution in [3.8, 4) is 11.4 Å². The summed E-state index contributed by atoms with van der Waals surface area (Å²) in [4.78, 5) is 19.3. The van der Waals surface area contributed by atoms with E-state index in [1.54, 1.807) is 0 Å². The molecule has 1 aliphatic heterocycles. The van der Waals surface area contributed by atoms with E-state index in [9.17, 15) is 4.79 Å². The number of carbonyl (C=O) groups is 1. The largest absolute Gasteiger partial charge is 0.339 e. The number of rotatable bonds is 3. The van der Waals surface area contributed by atoms with Crippen LogP contribution in [0.5, 0.6) is 0 Å². The number of aryl methyl sites for hydroxylation is 2. The number of amides is 2. The third-order valence-electron chi connectivity index (χ3n) is 5.62. The van der Waals surface area contributed by atoms with Gasteiger partial charge in [0.1, 0.15) is 0 Å². The first kappa shape index (κ1) is 19.2. The highest BCUT2D eigenvalue weighted by molar-refractivity contribution is 5.90. The summed E-state index contributed by atoms with van der Waals surface area (Å²) in [5.41, 5.74) is 5.21. The molecule has 0 spiro atoms. The molecule has 0 bridgehead atoms. The van der Waals surface area contributed by atoms with Crippen molar-refractivity contribution in [1.29, 1.82) is 0 Å². The van der Waals surface area contributed by atoms with Crippen LogP contribution in [0.4, 0.5) is 10.5 Å². The molecule has 1 aromatic heterocycles. The number of carbonyl (C=O) groups excluding carboxylic acids is 1. The maximum atomic E-state index is 12.8. The van der Waals surface area contributed by atoms with Crippen LogP contribution in [-0.2, 0) is 0 Å². The molecule has 0 saturated carbocycles. The Balaban J connectivity index is 1.46. The van der Waals surface area contributed by atoms with Crippen molar-refractivity contribution in [3.05, 3.63) is 65.0 Å². The number of piperidine rings is 1. The predicted octanol–water partition coefficient (Wildman–Crippen LogP) is 5.07. The van der Waals surface area contributed by atoms with Gasteiger partial charge in [-0.3, -0.25) is 0 Å². The number of aromatic nitrogens is 2. The van der Waals surface area contributed by atoms with Gasteiger partial charge in [0.25, 0.3) is 0 Å². The van der Waals surface area contributed by atoms with Crippen molar-refractivity contribution in [2.45, 2.75) is 39.5 Å². The Morgan fingerprint density at radius 3 is 2.83 bits per heavy atom. The van der Waals surface area contributed by atoms with Crippen LogP contribution >= 0.6 is 0 Å². The zero-order chi connectivity index (χ0) is 20.4. The maximum Gasteiger partial charge on any atom is 0.321 e. The minimum Gasteiger partial charge on any atom is -0.339 e. The Bertz CT molecular complexity index is 1030. The predicted molar refractivity (Wildman–Crippen MR) is 113 cm³/mol. The van der Waals surface area contributed by atoms with Crippen molar-refractivity contribution in [2.24, 2.45) is 0 Å². The Kier molecular flexibility index (Phi) is 5.34. The van der Waals surface area contributed by atoms with Crippen molar-refractivity contribution >= 4 is 11.7 Å². The smallest absolute Gasteiger partial charge is 0.321 e. The van der Waals surface area contributed by atoms with Gasteiger partial charge in [0.2, 0.25) is 11.7 Å². The molecule has 3 aromatic rings. The molecule has 1 saturated heterocycles. The summed E-state index contributed by atoms with van der Waals surface area (Å²) in [6.45, 7) is 7.41. The SMILES string of the molecule is Cc1cccc(-c2noc(C3CCCN(C(=O)Nc4cccc(C)c4C)C3)n2)c1. The van der Waals surface area contributed by atoms with E-state index >= 15 is 0 Å². The van der Waals surface area contributed by atoms with E-state index in [1.165, 1.54) is 0 Å². The molecule has 29 heavy (non-hydrogen) atoms. The summed E-state index contributed by atoms with van der Waals surface area (Å²) in [5, 5.41) is 7.21. The summed E-state index contributed by atoms with van der Waals surface area (Å²) in [6, 6.07) is 13.9. The molecule has 0 aliphatic carbocycles. The quantitative estimate of drug-likeness (QED) is 0.677. The average molecular weight is 390 g/mol. The Labute approximate surface area is 170 Å². The summed E-state index contributed by atoms with van der Waals surface area (Å²) >= 11 is 0. The zero-order valence-electron chi connectivity index (χ0n) is 17.1. The highest BCUT2D eigenvalue weighted by atomic mass is 16.5. The molecule has 1 aliphatic rings. The molecular formula is C23H26N4O2. The fourth-order valence-corrected chi connectivity index (χ4v) is 3.75. The molecule has 1 fully saturated rings. The second-order valence-corrected chi connectivity index (χ2v) is 7.79. The Hall–Kier alpha value is -3.15. The second kappa shape index (κ2) is 8.07. The van der Waals surface area contributed by atoms with E-state index < -0.39 is 0 Å². The molecule has 1 unspecified atom stereocenters. The first-order chi connectivity index (χ1) is 14.0. The first-order valence-corrected chi connectivity index (χ1v) is 10.0. The molecule has 4 rings (SSSR count). The van der Waals surface area contributed by atoms with Gasteiger partial charge in [0.05, 0.1) is 5.92 Å². The monoisotopic (exact) mass is 390 g/mol. The highest BCUT2D eigenvalue weighted by Gasteiger charge is 2.29. The van der Waals surface area contributed by atoms with Crippen molar-refractivity contribution in [3.63, 3.8) is 0 Å². The van der Waals surface area contributed by atoms with Crippen LogP contribution in [0, 0.1) is 20.8 Å². The molecule has 2 heterocycles. The first-order valence-electron chi connectivity index (χ1n) is 10.0. The number of hydrogen-bond donors (Lipinski definition) is 1. The summed E-state index contributed by atoms with van der Waals surface area (Å²) in [7, 11) is 0. The van der Waals surface area contributed by atoms with Gasteiger partial charge in [0.15, 0.2) is 0 Å². The lowest BCUT2D eigenvalue weighted by Gasteiger charge is -2.31. The minimum absolute atomic E-state index is 0.0548. The van der Waals surface area contributed by atoms with Gasteiger partial charge in [0, 0.05) is 24.3 Å². The fraction of sp³-hybridized carbons (Fsp3) is 0.348. The Morgan fingerprint density at radius 2 is 2.00 bits per heavy atom. The molecule has 150 valence electrons. The molecule has 1 N–H and O–H groups in total. The van der Waals surface area contributed by atoms with E-state index in [0.29, 0.717) is 18.3 Å². The lowest BCUT2D eigenvalue weighted by atomic mass is 9.98. The van der Waals surface area contributed by atoms with Crippen LogP contribution < -0.4 is 5.32 Å². The fourth-order valence-electron chi connectivity index (χ4n) is 3.75. The number of benzene rings is 2. The van der Waals surface area contributed by atoms with Crippen LogP contribution in [0.25, 0.3) is 11.4 Å². The average Bonchev–Trinajstić information content (AvgIpc) is 3.22. The van der Waals surface area contributed by atoms with Crippen molar-refractivity contribution < 1.29 is 9.32 Å². The van der Waals surface area contributed by atoms with Crippen molar-refractivity contribution in [1.82, 2.24) is 15.0 Å².